The number of benzene rings is 2. The average molecular weight is 395 g/mol. The molecule has 2 unspecified atom stereocenters. The molecule has 154 valence electrons. The number of hydrogen-bond donors (Lipinski definition) is 1. The number of amides is 1. The minimum atomic E-state index is -0.252. The van der Waals surface area contributed by atoms with Gasteiger partial charge in [0.2, 0.25) is 0 Å². The number of esters is 1. The Morgan fingerprint density at radius 1 is 1.10 bits per heavy atom. The average Bonchev–Trinajstić information content (AvgIpc) is 3.38. The molecule has 5 nitrogen and oxygen atoms in total. The number of ether oxygens (including phenoxy) is 1. The number of nitrogens with one attached hydrogen (secondary N) is 1. The molecule has 1 saturated heterocycles. The SMILES string of the molecule is CCOC(=O)C1CC(NC(=O)c2ccc3ccccc3c2)CN1CC1CCCC1. The van der Waals surface area contributed by atoms with Crippen LogP contribution in [0.2, 0.25) is 0 Å². The van der Waals surface area contributed by atoms with E-state index in [0.29, 0.717) is 31.1 Å². The molecule has 0 spiro atoms. The Balaban J connectivity index is 1.44. The maximum atomic E-state index is 12.9. The van der Waals surface area contributed by atoms with Crippen LogP contribution in [0.25, 0.3) is 10.8 Å². The molecular weight excluding hydrogens is 364 g/mol. The molecule has 2 aliphatic rings. The zero-order chi connectivity index (χ0) is 20.2. The van der Waals surface area contributed by atoms with Gasteiger partial charge in [-0.15, -0.1) is 0 Å². The number of rotatable bonds is 6. The molecule has 1 amide bonds. The highest BCUT2D eigenvalue weighted by Gasteiger charge is 2.39. The maximum Gasteiger partial charge on any atom is 0.323 e. The first-order valence-electron chi connectivity index (χ1n) is 10.8. The van der Waals surface area contributed by atoms with Crippen LogP contribution in [0.4, 0.5) is 0 Å². The van der Waals surface area contributed by atoms with Crippen molar-refractivity contribution in [2.75, 3.05) is 19.7 Å². The summed E-state index contributed by atoms with van der Waals surface area (Å²) in [5.41, 5.74) is 0.658. The largest absolute Gasteiger partial charge is 0.465 e. The van der Waals surface area contributed by atoms with E-state index in [4.69, 9.17) is 4.74 Å². The van der Waals surface area contributed by atoms with Gasteiger partial charge in [0.25, 0.3) is 5.91 Å². The Morgan fingerprint density at radius 3 is 2.62 bits per heavy atom. The van der Waals surface area contributed by atoms with Crippen LogP contribution >= 0.6 is 0 Å². The second-order valence-corrected chi connectivity index (χ2v) is 8.34. The Morgan fingerprint density at radius 2 is 1.86 bits per heavy atom. The van der Waals surface area contributed by atoms with E-state index in [1.807, 2.05) is 49.4 Å². The fourth-order valence-corrected chi connectivity index (χ4v) is 4.82. The summed E-state index contributed by atoms with van der Waals surface area (Å²) < 4.78 is 5.31. The summed E-state index contributed by atoms with van der Waals surface area (Å²) in [5, 5.41) is 5.33. The molecule has 2 atom stereocenters. The van der Waals surface area contributed by atoms with Crippen LogP contribution in [-0.2, 0) is 9.53 Å². The van der Waals surface area contributed by atoms with Crippen molar-refractivity contribution in [3.05, 3.63) is 48.0 Å². The molecule has 1 aliphatic carbocycles. The van der Waals surface area contributed by atoms with Crippen molar-refractivity contribution in [2.45, 2.75) is 51.1 Å². The summed E-state index contributed by atoms with van der Waals surface area (Å²) in [4.78, 5) is 27.6. The number of fused-ring (bicyclic) bond motifs is 1. The van der Waals surface area contributed by atoms with E-state index in [0.717, 1.165) is 17.3 Å². The van der Waals surface area contributed by atoms with Gasteiger partial charge in [-0.2, -0.15) is 0 Å². The summed E-state index contributed by atoms with van der Waals surface area (Å²) in [6.07, 6.45) is 5.65. The van der Waals surface area contributed by atoms with E-state index in [1.165, 1.54) is 25.7 Å². The fraction of sp³-hybridized carbons (Fsp3) is 0.500. The van der Waals surface area contributed by atoms with E-state index >= 15 is 0 Å². The topological polar surface area (TPSA) is 58.6 Å². The Hall–Kier alpha value is -2.40. The first-order valence-corrected chi connectivity index (χ1v) is 10.8. The van der Waals surface area contributed by atoms with Crippen LogP contribution < -0.4 is 5.32 Å². The van der Waals surface area contributed by atoms with Crippen LogP contribution in [-0.4, -0.2) is 48.6 Å². The molecule has 29 heavy (non-hydrogen) atoms. The van der Waals surface area contributed by atoms with Crippen molar-refractivity contribution in [2.24, 2.45) is 5.92 Å². The third-order valence-corrected chi connectivity index (χ3v) is 6.28. The van der Waals surface area contributed by atoms with Crippen LogP contribution in [0.1, 0.15) is 49.4 Å². The van der Waals surface area contributed by atoms with E-state index in [2.05, 4.69) is 10.2 Å². The van der Waals surface area contributed by atoms with Crippen molar-refractivity contribution in [3.8, 4) is 0 Å². The molecular formula is C24H30N2O3. The lowest BCUT2D eigenvalue weighted by molar-refractivity contribution is -0.148. The molecule has 0 radical (unpaired) electrons. The van der Waals surface area contributed by atoms with E-state index in [-0.39, 0.29) is 24.0 Å². The van der Waals surface area contributed by atoms with Gasteiger partial charge in [-0.25, -0.2) is 0 Å². The minimum Gasteiger partial charge on any atom is -0.465 e. The monoisotopic (exact) mass is 394 g/mol. The van der Waals surface area contributed by atoms with Gasteiger partial charge in [0.05, 0.1) is 6.61 Å². The minimum absolute atomic E-state index is 0.0372. The van der Waals surface area contributed by atoms with Crippen molar-refractivity contribution >= 4 is 22.6 Å². The highest BCUT2D eigenvalue weighted by Crippen LogP contribution is 2.29. The predicted molar refractivity (Wildman–Crippen MR) is 114 cm³/mol. The predicted octanol–water partition coefficient (Wildman–Crippen LogP) is 3.77. The number of likely N-dealkylation sites (tertiary alicyclic amines) is 1. The van der Waals surface area contributed by atoms with E-state index in [1.54, 1.807) is 0 Å². The second-order valence-electron chi connectivity index (χ2n) is 8.34. The Bertz CT molecular complexity index is 875. The summed E-state index contributed by atoms with van der Waals surface area (Å²) in [5.74, 6) is 0.417. The van der Waals surface area contributed by atoms with Crippen LogP contribution in [0.5, 0.6) is 0 Å². The van der Waals surface area contributed by atoms with Gasteiger partial charge in [0, 0.05) is 24.7 Å². The summed E-state index contributed by atoms with van der Waals surface area (Å²) in [6.45, 7) is 3.86. The molecule has 2 fully saturated rings. The van der Waals surface area contributed by atoms with Gasteiger partial charge in [0.15, 0.2) is 0 Å². The van der Waals surface area contributed by atoms with Gasteiger partial charge in [-0.05, 0) is 55.0 Å². The molecule has 1 N–H and O–H groups in total. The van der Waals surface area contributed by atoms with Crippen molar-refractivity contribution < 1.29 is 14.3 Å². The number of carbonyl (C=O) groups excluding carboxylic acids is 2. The standard InChI is InChI=1S/C24H30N2O3/c1-2-29-24(28)22-14-21(16-26(22)15-17-7-3-4-8-17)25-23(27)20-12-11-18-9-5-6-10-19(18)13-20/h5-6,9-13,17,21-22H,2-4,7-8,14-16H2,1H3,(H,25,27). The van der Waals surface area contributed by atoms with Gasteiger partial charge >= 0.3 is 5.97 Å². The van der Waals surface area contributed by atoms with E-state index in [9.17, 15) is 9.59 Å². The lowest BCUT2D eigenvalue weighted by Crippen LogP contribution is -2.40. The van der Waals surface area contributed by atoms with Crippen LogP contribution in [0.3, 0.4) is 0 Å². The first kappa shape index (κ1) is 19.9. The van der Waals surface area contributed by atoms with Crippen molar-refractivity contribution in [1.82, 2.24) is 10.2 Å². The smallest absolute Gasteiger partial charge is 0.323 e. The lowest BCUT2D eigenvalue weighted by Gasteiger charge is -2.25. The Labute approximate surface area is 172 Å². The summed E-state index contributed by atoms with van der Waals surface area (Å²) in [6, 6.07) is 13.5. The van der Waals surface area contributed by atoms with Gasteiger partial charge in [-0.3, -0.25) is 14.5 Å². The highest BCUT2D eigenvalue weighted by atomic mass is 16.5. The molecule has 1 saturated carbocycles. The van der Waals surface area contributed by atoms with Crippen molar-refractivity contribution in [1.29, 1.82) is 0 Å². The van der Waals surface area contributed by atoms with Crippen molar-refractivity contribution in [3.63, 3.8) is 0 Å². The lowest BCUT2D eigenvalue weighted by atomic mass is 10.1. The molecule has 2 aromatic rings. The molecule has 1 heterocycles. The first-order chi connectivity index (χ1) is 14.1. The number of carbonyl (C=O) groups is 2. The zero-order valence-corrected chi connectivity index (χ0v) is 17.1. The fourth-order valence-electron chi connectivity index (χ4n) is 4.82. The summed E-state index contributed by atoms with van der Waals surface area (Å²) >= 11 is 0. The quantitative estimate of drug-likeness (QED) is 0.758. The Kier molecular flexibility index (Phi) is 6.14. The third kappa shape index (κ3) is 4.61. The highest BCUT2D eigenvalue weighted by molar-refractivity contribution is 5.98. The molecule has 2 aromatic carbocycles. The molecule has 4 rings (SSSR count). The van der Waals surface area contributed by atoms with Gasteiger partial charge < -0.3 is 10.1 Å². The normalized spacial score (nSPS) is 22.8. The van der Waals surface area contributed by atoms with Crippen LogP contribution in [0, 0.1) is 5.92 Å². The third-order valence-electron chi connectivity index (χ3n) is 6.28. The molecule has 0 aromatic heterocycles. The van der Waals surface area contributed by atoms with Gasteiger partial charge in [-0.1, -0.05) is 43.2 Å². The zero-order valence-electron chi connectivity index (χ0n) is 17.1. The molecule has 0 bridgehead atoms. The van der Waals surface area contributed by atoms with E-state index < -0.39 is 0 Å². The second kappa shape index (κ2) is 8.95. The molecule has 1 aliphatic heterocycles. The molecule has 5 heteroatoms. The van der Waals surface area contributed by atoms with Crippen LogP contribution in [0.15, 0.2) is 42.5 Å². The summed E-state index contributed by atoms with van der Waals surface area (Å²) in [7, 11) is 0. The van der Waals surface area contributed by atoms with Gasteiger partial charge in [0.1, 0.15) is 6.04 Å². The number of nitrogens with zero attached hydrogens (tertiary/aromatic N) is 1. The maximum absolute atomic E-state index is 12.9. The number of hydrogen-bond acceptors (Lipinski definition) is 4.